The van der Waals surface area contributed by atoms with Crippen LogP contribution in [0.1, 0.15) is 49.3 Å². The first-order valence-electron chi connectivity index (χ1n) is 12.1. The number of esters is 2. The van der Waals surface area contributed by atoms with Gasteiger partial charge >= 0.3 is 11.9 Å². The molecule has 0 aliphatic heterocycles. The van der Waals surface area contributed by atoms with Gasteiger partial charge < -0.3 is 13.9 Å². The second-order valence-electron chi connectivity index (χ2n) is 8.32. The molecule has 0 saturated carbocycles. The van der Waals surface area contributed by atoms with Crippen LogP contribution in [0.4, 0.5) is 0 Å². The molecule has 0 N–H and O–H groups in total. The lowest BCUT2D eigenvalue weighted by molar-refractivity contribution is -0.145. The molecular weight excluding hydrogens is 454 g/mol. The molecule has 4 aromatic rings. The smallest absolute Gasteiger partial charge is 0.306 e. The zero-order valence-electron chi connectivity index (χ0n) is 20.5. The average molecular weight is 484 g/mol. The second kappa shape index (κ2) is 12.0. The number of hydrogen-bond acceptors (Lipinski definition) is 6. The summed E-state index contributed by atoms with van der Waals surface area (Å²) in [5, 5.41) is 0. The molecule has 3 aromatic carbocycles. The van der Waals surface area contributed by atoms with Crippen molar-refractivity contribution in [1.82, 2.24) is 4.98 Å². The molecule has 6 nitrogen and oxygen atoms in total. The number of hydrogen-bond donors (Lipinski definition) is 0. The van der Waals surface area contributed by atoms with E-state index in [1.54, 1.807) is 13.8 Å². The van der Waals surface area contributed by atoms with Crippen molar-refractivity contribution in [3.63, 3.8) is 0 Å². The van der Waals surface area contributed by atoms with Gasteiger partial charge in [0.05, 0.1) is 26.1 Å². The van der Waals surface area contributed by atoms with Crippen molar-refractivity contribution in [2.75, 3.05) is 13.2 Å². The highest BCUT2D eigenvalue weighted by molar-refractivity contribution is 5.77. The molecule has 36 heavy (non-hydrogen) atoms. The molecule has 0 fully saturated rings. The normalized spacial score (nSPS) is 11.3. The number of carbonyl (C=O) groups excluding carboxylic acids is 2. The number of nitrogens with zero attached hydrogens (tertiary/aromatic N) is 1. The number of ether oxygens (including phenoxy) is 2. The molecular formula is C30H29NO5. The van der Waals surface area contributed by atoms with E-state index in [2.05, 4.69) is 4.98 Å². The SMILES string of the molecule is CCOC(=O)CC(CC(=O)OCC)c1ccc(/C=C/c2ccc(-c3nc4ccccc4o3)cc2)cc1. The number of aromatic nitrogens is 1. The summed E-state index contributed by atoms with van der Waals surface area (Å²) in [6, 6.07) is 23.6. The van der Waals surface area contributed by atoms with E-state index in [1.165, 1.54) is 0 Å². The van der Waals surface area contributed by atoms with Gasteiger partial charge in [0.15, 0.2) is 5.58 Å². The van der Waals surface area contributed by atoms with Gasteiger partial charge in [0.2, 0.25) is 5.89 Å². The second-order valence-corrected chi connectivity index (χ2v) is 8.32. The first kappa shape index (κ1) is 24.9. The van der Waals surface area contributed by atoms with Crippen molar-refractivity contribution in [2.45, 2.75) is 32.6 Å². The Balaban J connectivity index is 1.43. The molecule has 0 bridgehead atoms. The fraction of sp³-hybridized carbons (Fsp3) is 0.233. The summed E-state index contributed by atoms with van der Waals surface area (Å²) in [6.07, 6.45) is 4.31. The highest BCUT2D eigenvalue weighted by atomic mass is 16.5. The van der Waals surface area contributed by atoms with Crippen LogP contribution < -0.4 is 0 Å². The summed E-state index contributed by atoms with van der Waals surface area (Å²) in [5.74, 6) is -0.336. The molecule has 0 saturated heterocycles. The number of para-hydroxylation sites is 2. The van der Waals surface area contributed by atoms with E-state index < -0.39 is 0 Å². The van der Waals surface area contributed by atoms with Crippen LogP contribution in [0.15, 0.2) is 77.2 Å². The van der Waals surface area contributed by atoms with E-state index in [0.717, 1.165) is 33.4 Å². The quantitative estimate of drug-likeness (QED) is 0.185. The van der Waals surface area contributed by atoms with Gasteiger partial charge in [-0.2, -0.15) is 0 Å². The minimum atomic E-state index is -0.322. The van der Waals surface area contributed by atoms with Gasteiger partial charge in [-0.1, -0.05) is 60.7 Å². The van der Waals surface area contributed by atoms with E-state index in [9.17, 15) is 9.59 Å². The van der Waals surface area contributed by atoms with Crippen LogP contribution in [0.3, 0.4) is 0 Å². The summed E-state index contributed by atoms with van der Waals surface area (Å²) in [6.45, 7) is 4.15. The Bertz CT molecular complexity index is 1280. The molecule has 0 amide bonds. The van der Waals surface area contributed by atoms with Crippen molar-refractivity contribution in [2.24, 2.45) is 0 Å². The van der Waals surface area contributed by atoms with Crippen molar-refractivity contribution < 1.29 is 23.5 Å². The summed E-state index contributed by atoms with van der Waals surface area (Å²) in [7, 11) is 0. The number of rotatable bonds is 10. The first-order chi connectivity index (χ1) is 17.6. The van der Waals surface area contributed by atoms with Gasteiger partial charge in [0, 0.05) is 11.5 Å². The zero-order valence-corrected chi connectivity index (χ0v) is 20.5. The maximum absolute atomic E-state index is 12.1. The van der Waals surface area contributed by atoms with Crippen LogP contribution in [0.25, 0.3) is 34.7 Å². The summed E-state index contributed by atoms with van der Waals surface area (Å²) in [4.78, 5) is 28.7. The van der Waals surface area contributed by atoms with Crippen molar-refractivity contribution in [3.05, 3.63) is 89.5 Å². The summed E-state index contributed by atoms with van der Waals surface area (Å²) in [5.41, 5.74) is 5.48. The highest BCUT2D eigenvalue weighted by Gasteiger charge is 2.21. The molecule has 0 radical (unpaired) electrons. The monoisotopic (exact) mass is 483 g/mol. The Morgan fingerprint density at radius 3 is 1.92 bits per heavy atom. The third-order valence-corrected chi connectivity index (χ3v) is 5.76. The van der Waals surface area contributed by atoms with Crippen LogP contribution in [0.2, 0.25) is 0 Å². The third kappa shape index (κ3) is 6.48. The van der Waals surface area contributed by atoms with Crippen molar-refractivity contribution in [1.29, 1.82) is 0 Å². The van der Waals surface area contributed by atoms with E-state index in [-0.39, 0.29) is 30.7 Å². The lowest BCUT2D eigenvalue weighted by atomic mass is 9.91. The molecule has 4 rings (SSSR count). The molecule has 0 aliphatic carbocycles. The Labute approximate surface area is 210 Å². The Hall–Kier alpha value is -4.19. The van der Waals surface area contributed by atoms with Gasteiger partial charge in [-0.15, -0.1) is 0 Å². The van der Waals surface area contributed by atoms with Gasteiger partial charge in [-0.3, -0.25) is 9.59 Å². The fourth-order valence-corrected chi connectivity index (χ4v) is 3.95. The number of oxazole rings is 1. The van der Waals surface area contributed by atoms with Crippen LogP contribution in [-0.4, -0.2) is 30.1 Å². The van der Waals surface area contributed by atoms with E-state index >= 15 is 0 Å². The van der Waals surface area contributed by atoms with Crippen LogP contribution in [0, 0.1) is 0 Å². The Kier molecular flexibility index (Phi) is 8.29. The Morgan fingerprint density at radius 2 is 1.36 bits per heavy atom. The summed E-state index contributed by atoms with van der Waals surface area (Å²) >= 11 is 0. The lowest BCUT2D eigenvalue weighted by Crippen LogP contribution is -2.15. The van der Waals surface area contributed by atoms with Gasteiger partial charge in [0.1, 0.15) is 5.52 Å². The van der Waals surface area contributed by atoms with Crippen molar-refractivity contribution in [3.8, 4) is 11.5 Å². The number of fused-ring (bicyclic) bond motifs is 1. The molecule has 184 valence electrons. The van der Waals surface area contributed by atoms with Crippen molar-refractivity contribution >= 4 is 35.2 Å². The highest BCUT2D eigenvalue weighted by Crippen LogP contribution is 2.27. The van der Waals surface area contributed by atoms with Crippen LogP contribution in [0.5, 0.6) is 0 Å². The maximum atomic E-state index is 12.1. The van der Waals surface area contributed by atoms with Gasteiger partial charge in [-0.05, 0) is 54.8 Å². The first-order valence-corrected chi connectivity index (χ1v) is 12.1. The molecule has 0 spiro atoms. The number of benzene rings is 3. The van der Waals surface area contributed by atoms with E-state index in [1.807, 2.05) is 84.9 Å². The average Bonchev–Trinajstić information content (AvgIpc) is 3.32. The molecule has 0 unspecified atom stereocenters. The molecule has 0 atom stereocenters. The van der Waals surface area contributed by atoms with Gasteiger partial charge in [0.25, 0.3) is 0 Å². The Morgan fingerprint density at radius 1 is 0.806 bits per heavy atom. The molecule has 1 aromatic heterocycles. The van der Waals surface area contributed by atoms with Crippen LogP contribution in [-0.2, 0) is 19.1 Å². The number of carbonyl (C=O) groups is 2. The minimum absolute atomic E-state index is 0.133. The predicted molar refractivity (Wildman–Crippen MR) is 140 cm³/mol. The third-order valence-electron chi connectivity index (χ3n) is 5.76. The van der Waals surface area contributed by atoms with Crippen LogP contribution >= 0.6 is 0 Å². The molecule has 0 aliphatic rings. The summed E-state index contributed by atoms with van der Waals surface area (Å²) < 4.78 is 16.0. The fourth-order valence-electron chi connectivity index (χ4n) is 3.95. The standard InChI is InChI=1S/C30H29NO5/c1-3-34-28(32)19-25(20-29(33)35-4-2)23-15-11-21(12-16-23)9-10-22-13-17-24(18-14-22)30-31-26-7-5-6-8-27(26)36-30/h5-18,25H,3-4,19-20H2,1-2H3/b10-9+. The maximum Gasteiger partial charge on any atom is 0.306 e. The molecule has 1 heterocycles. The lowest BCUT2D eigenvalue weighted by Gasteiger charge is -2.16. The minimum Gasteiger partial charge on any atom is -0.466 e. The van der Waals surface area contributed by atoms with E-state index in [0.29, 0.717) is 19.1 Å². The largest absolute Gasteiger partial charge is 0.466 e. The van der Waals surface area contributed by atoms with Gasteiger partial charge in [-0.25, -0.2) is 4.98 Å². The zero-order chi connectivity index (χ0) is 25.3. The van der Waals surface area contributed by atoms with E-state index in [4.69, 9.17) is 13.9 Å². The topological polar surface area (TPSA) is 78.6 Å². The predicted octanol–water partition coefficient (Wildman–Crippen LogP) is 6.66. The molecule has 6 heteroatoms.